The molecule has 80 valence electrons. The molecule has 1 rings (SSSR count). The van der Waals surface area contributed by atoms with Crippen molar-refractivity contribution in [1.82, 2.24) is 14.9 Å². The minimum Gasteiger partial charge on any atom is -0.304 e. The zero-order chi connectivity index (χ0) is 11.3. The normalized spacial score (nSPS) is 9.93. The molecule has 0 radical (unpaired) electrons. The maximum absolute atomic E-state index is 11.7. The summed E-state index contributed by atoms with van der Waals surface area (Å²) in [6.45, 7) is 3.51. The Bertz CT molecular complexity index is 433. The average molecular weight is 270 g/mol. The standard InChI is InChI=1S/C10H12BrN3O/c1-3-4-12-5-6-14-7-13-8(2)9(11)10(14)15/h1,7,12H,4-6H2,2H3. The largest absolute Gasteiger partial charge is 0.304 e. The van der Waals surface area contributed by atoms with Crippen molar-refractivity contribution >= 4 is 15.9 Å². The molecule has 1 aromatic rings. The summed E-state index contributed by atoms with van der Waals surface area (Å²) in [6.07, 6.45) is 6.62. The van der Waals surface area contributed by atoms with Crippen LogP contribution < -0.4 is 10.9 Å². The van der Waals surface area contributed by atoms with Crippen molar-refractivity contribution in [3.63, 3.8) is 0 Å². The maximum atomic E-state index is 11.7. The second-order valence-corrected chi connectivity index (χ2v) is 3.82. The Balaban J connectivity index is 2.67. The van der Waals surface area contributed by atoms with Crippen LogP contribution in [0.15, 0.2) is 15.6 Å². The molecule has 0 bridgehead atoms. The number of hydrogen-bond acceptors (Lipinski definition) is 3. The van der Waals surface area contributed by atoms with Crippen LogP contribution >= 0.6 is 15.9 Å². The summed E-state index contributed by atoms with van der Waals surface area (Å²) < 4.78 is 2.06. The van der Waals surface area contributed by atoms with Gasteiger partial charge in [0.05, 0.1) is 18.6 Å². The van der Waals surface area contributed by atoms with Gasteiger partial charge in [0.2, 0.25) is 0 Å². The summed E-state index contributed by atoms with van der Waals surface area (Å²) in [5.74, 6) is 2.47. The van der Waals surface area contributed by atoms with Gasteiger partial charge >= 0.3 is 0 Å². The third-order valence-corrected chi connectivity index (χ3v) is 2.83. The molecule has 1 aromatic heterocycles. The van der Waals surface area contributed by atoms with E-state index in [1.165, 1.54) is 0 Å². The van der Waals surface area contributed by atoms with Gasteiger partial charge in [-0.1, -0.05) is 5.92 Å². The summed E-state index contributed by atoms with van der Waals surface area (Å²) in [7, 11) is 0. The Kier molecular flexibility index (Phi) is 4.53. The maximum Gasteiger partial charge on any atom is 0.267 e. The predicted octanol–water partition coefficient (Wildman–Crippen LogP) is 0.537. The Morgan fingerprint density at radius 1 is 1.73 bits per heavy atom. The third kappa shape index (κ3) is 3.18. The highest BCUT2D eigenvalue weighted by Gasteiger charge is 2.04. The monoisotopic (exact) mass is 269 g/mol. The van der Waals surface area contributed by atoms with Gasteiger partial charge in [0.1, 0.15) is 4.47 Å². The SMILES string of the molecule is C#CCNCCn1cnc(C)c(Br)c1=O. The van der Waals surface area contributed by atoms with Crippen LogP contribution in [0.25, 0.3) is 0 Å². The van der Waals surface area contributed by atoms with E-state index in [1.54, 1.807) is 17.8 Å². The fraction of sp³-hybridized carbons (Fsp3) is 0.400. The molecule has 0 aromatic carbocycles. The molecule has 0 fully saturated rings. The van der Waals surface area contributed by atoms with Crippen molar-refractivity contribution in [1.29, 1.82) is 0 Å². The molecule has 4 nitrogen and oxygen atoms in total. The first-order valence-electron chi connectivity index (χ1n) is 4.52. The number of nitrogens with one attached hydrogen (secondary N) is 1. The molecule has 0 amide bonds. The molecule has 0 spiro atoms. The number of hydrogen-bond donors (Lipinski definition) is 1. The molecule has 0 aliphatic rings. The first-order chi connectivity index (χ1) is 7.16. The zero-order valence-corrected chi connectivity index (χ0v) is 10.0. The molecule has 5 heteroatoms. The van der Waals surface area contributed by atoms with E-state index >= 15 is 0 Å². The van der Waals surface area contributed by atoms with E-state index in [4.69, 9.17) is 6.42 Å². The quantitative estimate of drug-likeness (QED) is 0.641. The highest BCUT2D eigenvalue weighted by Crippen LogP contribution is 2.05. The number of aromatic nitrogens is 2. The summed E-state index contributed by atoms with van der Waals surface area (Å²) in [6, 6.07) is 0. The molecule has 0 atom stereocenters. The minimum atomic E-state index is -0.0648. The van der Waals surface area contributed by atoms with Gasteiger partial charge in [0, 0.05) is 13.1 Å². The number of rotatable bonds is 4. The first-order valence-corrected chi connectivity index (χ1v) is 5.32. The van der Waals surface area contributed by atoms with Crippen molar-refractivity contribution in [2.24, 2.45) is 0 Å². The van der Waals surface area contributed by atoms with E-state index in [-0.39, 0.29) is 5.56 Å². The van der Waals surface area contributed by atoms with Crippen LogP contribution in [0, 0.1) is 19.3 Å². The van der Waals surface area contributed by atoms with E-state index in [2.05, 4.69) is 32.2 Å². The Labute approximate surface area is 96.8 Å². The molecule has 0 unspecified atom stereocenters. The second-order valence-electron chi connectivity index (χ2n) is 3.02. The van der Waals surface area contributed by atoms with Gasteiger partial charge in [-0.3, -0.25) is 9.36 Å². The summed E-state index contributed by atoms with van der Waals surface area (Å²) >= 11 is 3.20. The van der Waals surface area contributed by atoms with Crippen molar-refractivity contribution in [2.75, 3.05) is 13.1 Å². The van der Waals surface area contributed by atoms with Crippen LogP contribution in [0.4, 0.5) is 0 Å². The van der Waals surface area contributed by atoms with Crippen molar-refractivity contribution < 1.29 is 0 Å². The number of aryl methyl sites for hydroxylation is 1. The summed E-state index contributed by atoms with van der Waals surface area (Å²) in [5.41, 5.74) is 0.637. The van der Waals surface area contributed by atoms with Crippen LogP contribution in [-0.4, -0.2) is 22.6 Å². The fourth-order valence-corrected chi connectivity index (χ4v) is 1.40. The van der Waals surface area contributed by atoms with Crippen LogP contribution in [0.5, 0.6) is 0 Å². The van der Waals surface area contributed by atoms with Gasteiger partial charge in [-0.2, -0.15) is 0 Å². The zero-order valence-electron chi connectivity index (χ0n) is 8.46. The van der Waals surface area contributed by atoms with Gasteiger partial charge in [0.25, 0.3) is 5.56 Å². The van der Waals surface area contributed by atoms with Crippen LogP contribution in [0.3, 0.4) is 0 Å². The lowest BCUT2D eigenvalue weighted by Gasteiger charge is -2.06. The van der Waals surface area contributed by atoms with Gasteiger partial charge in [-0.25, -0.2) is 4.98 Å². The molecule has 1 N–H and O–H groups in total. The summed E-state index contributed by atoms with van der Waals surface area (Å²) in [5, 5.41) is 3.01. The lowest BCUT2D eigenvalue weighted by molar-refractivity contribution is 0.599. The lowest BCUT2D eigenvalue weighted by Crippen LogP contribution is -2.28. The fourth-order valence-electron chi connectivity index (χ4n) is 1.07. The second kappa shape index (κ2) is 5.69. The average Bonchev–Trinajstić information content (AvgIpc) is 2.24. The smallest absolute Gasteiger partial charge is 0.267 e. The Morgan fingerprint density at radius 2 is 2.47 bits per heavy atom. The number of terminal acetylenes is 1. The number of nitrogens with zero attached hydrogens (tertiary/aromatic N) is 2. The van der Waals surface area contributed by atoms with E-state index in [0.717, 1.165) is 0 Å². The van der Waals surface area contributed by atoms with Crippen molar-refractivity contribution in [3.8, 4) is 12.3 Å². The molecule has 0 aliphatic carbocycles. The van der Waals surface area contributed by atoms with Crippen molar-refractivity contribution in [3.05, 3.63) is 26.8 Å². The molecule has 1 heterocycles. The van der Waals surface area contributed by atoms with Crippen LogP contribution in [0.2, 0.25) is 0 Å². The van der Waals surface area contributed by atoms with E-state index in [0.29, 0.717) is 29.8 Å². The van der Waals surface area contributed by atoms with Crippen LogP contribution in [-0.2, 0) is 6.54 Å². The molecular weight excluding hydrogens is 258 g/mol. The van der Waals surface area contributed by atoms with Crippen molar-refractivity contribution in [2.45, 2.75) is 13.5 Å². The highest BCUT2D eigenvalue weighted by atomic mass is 79.9. The molecule has 0 saturated heterocycles. The van der Waals surface area contributed by atoms with Crippen LogP contribution in [0.1, 0.15) is 5.69 Å². The molecule has 0 aliphatic heterocycles. The summed E-state index contributed by atoms with van der Waals surface area (Å²) in [4.78, 5) is 15.7. The lowest BCUT2D eigenvalue weighted by atomic mass is 10.4. The molecular formula is C10H12BrN3O. The third-order valence-electron chi connectivity index (χ3n) is 1.91. The van der Waals surface area contributed by atoms with Gasteiger partial charge in [-0.05, 0) is 22.9 Å². The van der Waals surface area contributed by atoms with Gasteiger partial charge < -0.3 is 5.32 Å². The topological polar surface area (TPSA) is 46.9 Å². The molecule has 0 saturated carbocycles. The number of halogens is 1. The highest BCUT2D eigenvalue weighted by molar-refractivity contribution is 9.10. The first kappa shape index (κ1) is 12.0. The van der Waals surface area contributed by atoms with E-state index in [9.17, 15) is 4.79 Å². The van der Waals surface area contributed by atoms with Gasteiger partial charge in [0.15, 0.2) is 0 Å². The predicted molar refractivity (Wildman–Crippen MR) is 62.6 cm³/mol. The minimum absolute atomic E-state index is 0.0648. The van der Waals surface area contributed by atoms with Gasteiger partial charge in [-0.15, -0.1) is 6.42 Å². The Morgan fingerprint density at radius 3 is 3.13 bits per heavy atom. The Hall–Kier alpha value is -1.12. The van der Waals surface area contributed by atoms with E-state index < -0.39 is 0 Å². The van der Waals surface area contributed by atoms with E-state index in [1.807, 2.05) is 0 Å². The molecule has 15 heavy (non-hydrogen) atoms.